The van der Waals surface area contributed by atoms with Crippen molar-refractivity contribution in [2.24, 2.45) is 0 Å². The van der Waals surface area contributed by atoms with E-state index in [4.69, 9.17) is 11.6 Å². The van der Waals surface area contributed by atoms with Crippen LogP contribution in [0.25, 0.3) is 0 Å². The van der Waals surface area contributed by atoms with Crippen LogP contribution in [-0.2, 0) is 14.8 Å². The molecule has 0 bridgehead atoms. The SMILES string of the molecule is Cc1cccc(N(CC(=O)NC[C@H](C)c2ccccc2)S(=O)(=O)c2ccc(Cl)cc2)c1. The molecule has 162 valence electrons. The minimum atomic E-state index is -3.96. The quantitative estimate of drug-likeness (QED) is 0.531. The molecule has 0 spiro atoms. The van der Waals surface area contributed by atoms with Gasteiger partial charge in [-0.3, -0.25) is 9.10 Å². The van der Waals surface area contributed by atoms with Crippen molar-refractivity contribution in [1.29, 1.82) is 0 Å². The van der Waals surface area contributed by atoms with Crippen molar-refractivity contribution in [3.05, 3.63) is 95.0 Å². The van der Waals surface area contributed by atoms with E-state index in [9.17, 15) is 13.2 Å². The maximum absolute atomic E-state index is 13.4. The number of nitrogens with zero attached hydrogens (tertiary/aromatic N) is 1. The molecule has 31 heavy (non-hydrogen) atoms. The van der Waals surface area contributed by atoms with Gasteiger partial charge in [0, 0.05) is 11.6 Å². The van der Waals surface area contributed by atoms with Gasteiger partial charge in [-0.1, -0.05) is 61.0 Å². The van der Waals surface area contributed by atoms with Gasteiger partial charge in [0.25, 0.3) is 10.0 Å². The molecule has 3 aromatic rings. The van der Waals surface area contributed by atoms with Crippen LogP contribution < -0.4 is 9.62 Å². The third kappa shape index (κ3) is 5.87. The van der Waals surface area contributed by atoms with Crippen LogP contribution in [0.2, 0.25) is 5.02 Å². The highest BCUT2D eigenvalue weighted by Crippen LogP contribution is 2.25. The zero-order valence-corrected chi connectivity index (χ0v) is 19.0. The summed E-state index contributed by atoms with van der Waals surface area (Å²) < 4.78 is 27.8. The third-order valence-corrected chi connectivity index (χ3v) is 6.99. The predicted molar refractivity (Wildman–Crippen MR) is 125 cm³/mol. The highest BCUT2D eigenvalue weighted by molar-refractivity contribution is 7.92. The Morgan fingerprint density at radius 3 is 2.32 bits per heavy atom. The summed E-state index contributed by atoms with van der Waals surface area (Å²) in [5, 5.41) is 3.30. The molecule has 1 amide bonds. The van der Waals surface area contributed by atoms with Gasteiger partial charge < -0.3 is 5.32 Å². The van der Waals surface area contributed by atoms with E-state index >= 15 is 0 Å². The number of aryl methyl sites for hydroxylation is 1. The minimum absolute atomic E-state index is 0.0730. The number of anilines is 1. The Kier molecular flexibility index (Phi) is 7.36. The van der Waals surface area contributed by atoms with Gasteiger partial charge in [-0.25, -0.2) is 8.42 Å². The second kappa shape index (κ2) is 9.98. The van der Waals surface area contributed by atoms with Crippen LogP contribution in [0.15, 0.2) is 83.8 Å². The number of hydrogen-bond acceptors (Lipinski definition) is 3. The van der Waals surface area contributed by atoms with Gasteiger partial charge in [0.05, 0.1) is 10.6 Å². The fraction of sp³-hybridized carbons (Fsp3) is 0.208. The van der Waals surface area contributed by atoms with E-state index in [2.05, 4.69) is 5.32 Å². The molecular weight excluding hydrogens is 432 g/mol. The van der Waals surface area contributed by atoms with Crippen molar-refractivity contribution in [1.82, 2.24) is 5.32 Å². The molecule has 0 unspecified atom stereocenters. The molecule has 0 saturated carbocycles. The molecule has 5 nitrogen and oxygen atoms in total. The lowest BCUT2D eigenvalue weighted by atomic mass is 10.0. The summed E-state index contributed by atoms with van der Waals surface area (Å²) in [5.74, 6) is -0.271. The number of rotatable bonds is 8. The highest BCUT2D eigenvalue weighted by Gasteiger charge is 2.27. The number of sulfonamides is 1. The molecule has 0 aromatic heterocycles. The van der Waals surface area contributed by atoms with Crippen molar-refractivity contribution in [2.45, 2.75) is 24.7 Å². The minimum Gasteiger partial charge on any atom is -0.354 e. The number of nitrogens with one attached hydrogen (secondary N) is 1. The molecule has 0 aliphatic rings. The molecule has 0 saturated heterocycles. The first-order chi connectivity index (χ1) is 14.8. The molecule has 3 aromatic carbocycles. The first-order valence-corrected chi connectivity index (χ1v) is 11.8. The van der Waals surface area contributed by atoms with Gasteiger partial charge in [0.1, 0.15) is 6.54 Å². The number of amides is 1. The van der Waals surface area contributed by atoms with Crippen molar-refractivity contribution in [3.63, 3.8) is 0 Å². The standard InChI is InChI=1S/C24H25ClN2O3S/c1-18-7-6-10-22(15-18)27(31(29,30)23-13-11-21(25)12-14-23)17-24(28)26-16-19(2)20-8-4-3-5-9-20/h3-15,19H,16-17H2,1-2H3,(H,26,28)/t19-/m0/s1. The Morgan fingerprint density at radius 1 is 1.00 bits per heavy atom. The monoisotopic (exact) mass is 456 g/mol. The van der Waals surface area contributed by atoms with Crippen LogP contribution in [0.1, 0.15) is 24.0 Å². The smallest absolute Gasteiger partial charge is 0.264 e. The number of carbonyl (C=O) groups is 1. The van der Waals surface area contributed by atoms with Crippen molar-refractivity contribution < 1.29 is 13.2 Å². The van der Waals surface area contributed by atoms with Crippen LogP contribution >= 0.6 is 11.6 Å². The zero-order chi connectivity index (χ0) is 22.4. The molecular formula is C24H25ClN2O3S. The van der Waals surface area contributed by atoms with Gasteiger partial charge in [-0.15, -0.1) is 0 Å². The topological polar surface area (TPSA) is 66.5 Å². The van der Waals surface area contributed by atoms with Crippen molar-refractivity contribution in [3.8, 4) is 0 Å². The molecule has 7 heteroatoms. The lowest BCUT2D eigenvalue weighted by molar-refractivity contribution is -0.119. The third-order valence-electron chi connectivity index (χ3n) is 4.95. The van der Waals surface area contributed by atoms with E-state index in [-0.39, 0.29) is 23.3 Å². The normalized spacial score (nSPS) is 12.2. The summed E-state index contributed by atoms with van der Waals surface area (Å²) in [6.07, 6.45) is 0. The van der Waals surface area contributed by atoms with Crippen LogP contribution in [0.4, 0.5) is 5.69 Å². The van der Waals surface area contributed by atoms with Gasteiger partial charge in [0.2, 0.25) is 5.91 Å². The lowest BCUT2D eigenvalue weighted by Crippen LogP contribution is -2.41. The Morgan fingerprint density at radius 2 is 1.68 bits per heavy atom. The number of carbonyl (C=O) groups excluding carboxylic acids is 1. The summed E-state index contributed by atoms with van der Waals surface area (Å²) in [6.45, 7) is 3.97. The molecule has 3 rings (SSSR count). The predicted octanol–water partition coefficient (Wildman–Crippen LogP) is 4.76. The molecule has 1 N–H and O–H groups in total. The molecule has 0 aliphatic carbocycles. The summed E-state index contributed by atoms with van der Waals surface area (Å²) in [4.78, 5) is 12.8. The van der Waals surface area contributed by atoms with Crippen LogP contribution in [0.5, 0.6) is 0 Å². The Balaban J connectivity index is 1.81. The van der Waals surface area contributed by atoms with Crippen LogP contribution in [0.3, 0.4) is 0 Å². The van der Waals surface area contributed by atoms with E-state index < -0.39 is 10.0 Å². The maximum atomic E-state index is 13.4. The highest BCUT2D eigenvalue weighted by atomic mass is 35.5. The van der Waals surface area contributed by atoms with Gasteiger partial charge in [0.15, 0.2) is 0 Å². The number of benzene rings is 3. The molecule has 0 aliphatic heterocycles. The second-order valence-corrected chi connectivity index (χ2v) is 9.72. The first kappa shape index (κ1) is 22.8. The van der Waals surface area contributed by atoms with E-state index in [1.165, 1.54) is 24.3 Å². The zero-order valence-electron chi connectivity index (χ0n) is 17.5. The molecule has 0 radical (unpaired) electrons. The summed E-state index contributed by atoms with van der Waals surface area (Å²) >= 11 is 5.91. The average Bonchev–Trinajstić information content (AvgIpc) is 2.76. The van der Waals surface area contributed by atoms with Crippen LogP contribution in [0, 0.1) is 6.92 Å². The van der Waals surface area contributed by atoms with Gasteiger partial charge >= 0.3 is 0 Å². The maximum Gasteiger partial charge on any atom is 0.264 e. The molecule has 1 atom stereocenters. The van der Waals surface area contributed by atoms with Crippen molar-refractivity contribution >= 4 is 33.2 Å². The van der Waals surface area contributed by atoms with E-state index in [1.54, 1.807) is 18.2 Å². The number of halogens is 1. The fourth-order valence-electron chi connectivity index (χ4n) is 3.18. The second-order valence-electron chi connectivity index (χ2n) is 7.42. The van der Waals surface area contributed by atoms with Crippen molar-refractivity contribution in [2.75, 3.05) is 17.4 Å². The van der Waals surface area contributed by atoms with E-state index in [0.717, 1.165) is 15.4 Å². The molecule has 0 fully saturated rings. The van der Waals surface area contributed by atoms with Gasteiger partial charge in [-0.2, -0.15) is 0 Å². The van der Waals surface area contributed by atoms with Gasteiger partial charge in [-0.05, 0) is 60.4 Å². The Labute approximate surface area is 188 Å². The molecule has 0 heterocycles. The Bertz CT molecular complexity index is 1130. The largest absolute Gasteiger partial charge is 0.354 e. The van der Waals surface area contributed by atoms with Crippen LogP contribution in [-0.4, -0.2) is 27.4 Å². The number of hydrogen-bond donors (Lipinski definition) is 1. The summed E-state index contributed by atoms with van der Waals surface area (Å²) in [5.41, 5.74) is 2.43. The Hall–Kier alpha value is -2.83. The lowest BCUT2D eigenvalue weighted by Gasteiger charge is -2.25. The summed E-state index contributed by atoms with van der Waals surface area (Å²) in [6, 6.07) is 22.8. The summed E-state index contributed by atoms with van der Waals surface area (Å²) in [7, 11) is -3.96. The fourth-order valence-corrected chi connectivity index (χ4v) is 4.72. The average molecular weight is 457 g/mol. The van der Waals surface area contributed by atoms with E-state index in [1.807, 2.05) is 50.2 Å². The van der Waals surface area contributed by atoms with E-state index in [0.29, 0.717) is 17.3 Å². The first-order valence-electron chi connectivity index (χ1n) is 9.94.